The van der Waals surface area contributed by atoms with Crippen molar-refractivity contribution in [1.82, 2.24) is 25.0 Å². The number of amides is 3. The van der Waals surface area contributed by atoms with E-state index in [0.717, 1.165) is 5.56 Å². The molecule has 2 aromatic rings. The van der Waals surface area contributed by atoms with Crippen LogP contribution in [0.5, 0.6) is 0 Å². The van der Waals surface area contributed by atoms with Crippen LogP contribution in [0.4, 0.5) is 4.79 Å². The molecule has 1 aliphatic rings. The van der Waals surface area contributed by atoms with E-state index >= 15 is 0 Å². The number of rotatable bonds is 4. The first-order chi connectivity index (χ1) is 11.6. The molecule has 0 radical (unpaired) electrons. The van der Waals surface area contributed by atoms with Crippen molar-refractivity contribution in [3.8, 4) is 5.82 Å². The van der Waals surface area contributed by atoms with Crippen LogP contribution in [0.3, 0.4) is 0 Å². The first kappa shape index (κ1) is 16.0. The zero-order valence-electron chi connectivity index (χ0n) is 13.3. The topological polar surface area (TPSA) is 106 Å². The van der Waals surface area contributed by atoms with E-state index in [9.17, 15) is 9.59 Å². The Morgan fingerprint density at radius 3 is 2.75 bits per heavy atom. The lowest BCUT2D eigenvalue weighted by atomic mass is 9.96. The second kappa shape index (κ2) is 7.12. The monoisotopic (exact) mass is 328 g/mol. The van der Waals surface area contributed by atoms with Crippen molar-refractivity contribution in [1.29, 1.82) is 0 Å². The molecule has 2 aromatic heterocycles. The van der Waals surface area contributed by atoms with Gasteiger partial charge in [0.1, 0.15) is 0 Å². The maximum atomic E-state index is 12.3. The van der Waals surface area contributed by atoms with Crippen molar-refractivity contribution in [2.45, 2.75) is 19.4 Å². The minimum Gasteiger partial charge on any atom is -0.352 e. The lowest BCUT2D eigenvalue weighted by molar-refractivity contribution is -0.126. The standard InChI is InChI=1S/C16H20N6O2/c17-16(24)21-8-3-13(4-9-21)15(23)19-11-12-2-6-18-14(10-12)22-7-1-5-20-22/h1-2,5-7,10,13H,3-4,8-9,11H2,(H2,17,24)(H,19,23). The lowest BCUT2D eigenvalue weighted by Gasteiger charge is -2.29. The summed E-state index contributed by atoms with van der Waals surface area (Å²) in [5.41, 5.74) is 6.21. The van der Waals surface area contributed by atoms with Gasteiger partial charge in [0.2, 0.25) is 5.91 Å². The average Bonchev–Trinajstić information content (AvgIpc) is 3.15. The van der Waals surface area contributed by atoms with Gasteiger partial charge < -0.3 is 16.0 Å². The van der Waals surface area contributed by atoms with E-state index in [0.29, 0.717) is 38.3 Å². The molecule has 3 heterocycles. The molecule has 3 amide bonds. The van der Waals surface area contributed by atoms with Gasteiger partial charge in [-0.05, 0) is 36.6 Å². The molecule has 1 saturated heterocycles. The number of carbonyl (C=O) groups is 2. The fraction of sp³-hybridized carbons (Fsp3) is 0.375. The number of nitrogens with two attached hydrogens (primary N) is 1. The molecule has 0 spiro atoms. The fourth-order valence-electron chi connectivity index (χ4n) is 2.80. The first-order valence-electron chi connectivity index (χ1n) is 7.90. The third-order valence-electron chi connectivity index (χ3n) is 4.19. The Morgan fingerprint density at radius 1 is 1.29 bits per heavy atom. The first-order valence-corrected chi connectivity index (χ1v) is 7.90. The van der Waals surface area contributed by atoms with Gasteiger partial charge in [0, 0.05) is 44.1 Å². The normalized spacial score (nSPS) is 15.2. The number of nitrogens with one attached hydrogen (secondary N) is 1. The highest BCUT2D eigenvalue weighted by molar-refractivity contribution is 5.79. The third-order valence-corrected chi connectivity index (χ3v) is 4.19. The molecule has 3 N–H and O–H groups in total. The van der Waals surface area contributed by atoms with Crippen LogP contribution < -0.4 is 11.1 Å². The number of piperidine rings is 1. The number of hydrogen-bond donors (Lipinski definition) is 2. The SMILES string of the molecule is NC(=O)N1CCC(C(=O)NCc2ccnc(-n3cccn3)c2)CC1. The predicted molar refractivity (Wildman–Crippen MR) is 87.1 cm³/mol. The second-order valence-electron chi connectivity index (χ2n) is 5.79. The minimum atomic E-state index is -0.420. The van der Waals surface area contributed by atoms with Crippen molar-refractivity contribution >= 4 is 11.9 Å². The highest BCUT2D eigenvalue weighted by Gasteiger charge is 2.26. The summed E-state index contributed by atoms with van der Waals surface area (Å²) in [5.74, 6) is 0.645. The third kappa shape index (κ3) is 3.70. The Kier molecular flexibility index (Phi) is 4.74. The van der Waals surface area contributed by atoms with Gasteiger partial charge >= 0.3 is 6.03 Å². The molecule has 126 valence electrons. The van der Waals surface area contributed by atoms with Gasteiger partial charge in [-0.3, -0.25) is 4.79 Å². The van der Waals surface area contributed by atoms with E-state index in [2.05, 4.69) is 15.4 Å². The summed E-state index contributed by atoms with van der Waals surface area (Å²) in [6.45, 7) is 1.50. The van der Waals surface area contributed by atoms with Crippen LogP contribution in [-0.4, -0.2) is 44.7 Å². The highest BCUT2D eigenvalue weighted by atomic mass is 16.2. The second-order valence-corrected chi connectivity index (χ2v) is 5.79. The van der Waals surface area contributed by atoms with E-state index in [1.54, 1.807) is 22.0 Å². The molecule has 1 aliphatic heterocycles. The Labute approximate surface area is 139 Å². The van der Waals surface area contributed by atoms with Gasteiger partial charge in [0.15, 0.2) is 5.82 Å². The summed E-state index contributed by atoms with van der Waals surface area (Å²) in [6, 6.07) is 5.16. The van der Waals surface area contributed by atoms with Gasteiger partial charge in [0.05, 0.1) is 0 Å². The van der Waals surface area contributed by atoms with Crippen molar-refractivity contribution in [3.63, 3.8) is 0 Å². The van der Waals surface area contributed by atoms with E-state index in [1.165, 1.54) is 0 Å². The molecular formula is C16H20N6O2. The van der Waals surface area contributed by atoms with E-state index in [4.69, 9.17) is 5.73 Å². The number of carbonyl (C=O) groups excluding carboxylic acids is 2. The number of pyridine rings is 1. The van der Waals surface area contributed by atoms with Crippen molar-refractivity contribution < 1.29 is 9.59 Å². The quantitative estimate of drug-likeness (QED) is 0.860. The molecule has 24 heavy (non-hydrogen) atoms. The molecule has 0 aromatic carbocycles. The van der Waals surface area contributed by atoms with Gasteiger partial charge in [0.25, 0.3) is 0 Å². The summed E-state index contributed by atoms with van der Waals surface area (Å²) in [5, 5.41) is 7.10. The molecule has 0 aliphatic carbocycles. The summed E-state index contributed by atoms with van der Waals surface area (Å²) >= 11 is 0. The highest BCUT2D eigenvalue weighted by Crippen LogP contribution is 2.17. The smallest absolute Gasteiger partial charge is 0.314 e. The molecule has 0 atom stereocenters. The minimum absolute atomic E-state index is 0.0107. The zero-order valence-corrected chi connectivity index (χ0v) is 13.3. The van der Waals surface area contributed by atoms with Crippen molar-refractivity contribution in [2.24, 2.45) is 11.7 Å². The number of nitrogens with zero attached hydrogens (tertiary/aromatic N) is 4. The molecule has 1 fully saturated rings. The number of likely N-dealkylation sites (tertiary alicyclic amines) is 1. The lowest BCUT2D eigenvalue weighted by Crippen LogP contribution is -2.44. The van der Waals surface area contributed by atoms with E-state index in [1.807, 2.05) is 24.4 Å². The van der Waals surface area contributed by atoms with Crippen molar-refractivity contribution in [2.75, 3.05) is 13.1 Å². The fourth-order valence-corrected chi connectivity index (χ4v) is 2.80. The van der Waals surface area contributed by atoms with Crippen LogP contribution >= 0.6 is 0 Å². The van der Waals surface area contributed by atoms with Crippen molar-refractivity contribution in [3.05, 3.63) is 42.4 Å². The number of urea groups is 1. The molecule has 3 rings (SSSR count). The summed E-state index contributed by atoms with van der Waals surface area (Å²) in [7, 11) is 0. The molecular weight excluding hydrogens is 308 g/mol. The summed E-state index contributed by atoms with van der Waals surface area (Å²) in [4.78, 5) is 29.2. The van der Waals surface area contributed by atoms with Gasteiger partial charge in [-0.1, -0.05) is 0 Å². The van der Waals surface area contributed by atoms with Crippen LogP contribution in [0.1, 0.15) is 18.4 Å². The average molecular weight is 328 g/mol. The van der Waals surface area contributed by atoms with E-state index in [-0.39, 0.29) is 11.8 Å². The van der Waals surface area contributed by atoms with Crippen LogP contribution in [-0.2, 0) is 11.3 Å². The predicted octanol–water partition coefficient (Wildman–Crippen LogP) is 0.674. The Bertz CT molecular complexity index is 707. The number of primary amides is 1. The van der Waals surface area contributed by atoms with Crippen LogP contribution in [0.2, 0.25) is 0 Å². The van der Waals surface area contributed by atoms with Crippen LogP contribution in [0, 0.1) is 5.92 Å². The Morgan fingerprint density at radius 2 is 2.08 bits per heavy atom. The Hall–Kier alpha value is -2.90. The zero-order chi connectivity index (χ0) is 16.9. The number of hydrogen-bond acceptors (Lipinski definition) is 4. The molecule has 0 saturated carbocycles. The van der Waals surface area contributed by atoms with Crippen LogP contribution in [0.15, 0.2) is 36.8 Å². The van der Waals surface area contributed by atoms with Gasteiger partial charge in [-0.2, -0.15) is 5.10 Å². The molecule has 8 nitrogen and oxygen atoms in total. The molecule has 0 unspecified atom stereocenters. The van der Waals surface area contributed by atoms with Crippen LogP contribution in [0.25, 0.3) is 5.82 Å². The summed E-state index contributed by atoms with van der Waals surface area (Å²) < 4.78 is 1.67. The maximum absolute atomic E-state index is 12.3. The molecule has 8 heteroatoms. The summed E-state index contributed by atoms with van der Waals surface area (Å²) in [6.07, 6.45) is 6.49. The van der Waals surface area contributed by atoms with E-state index < -0.39 is 6.03 Å². The maximum Gasteiger partial charge on any atom is 0.314 e. The number of aromatic nitrogens is 3. The van der Waals surface area contributed by atoms with Gasteiger partial charge in [-0.25, -0.2) is 14.5 Å². The largest absolute Gasteiger partial charge is 0.352 e. The van der Waals surface area contributed by atoms with Gasteiger partial charge in [-0.15, -0.1) is 0 Å². The molecule has 0 bridgehead atoms. The Balaban J connectivity index is 1.53.